The normalized spacial score (nSPS) is 10.2. The smallest absolute Gasteiger partial charge is 0.211 e. The molecule has 0 spiro atoms. The lowest BCUT2D eigenvalue weighted by atomic mass is 10.0. The lowest BCUT2D eigenvalue weighted by molar-refractivity contribution is -0.105. The van der Waals surface area contributed by atoms with Crippen molar-refractivity contribution in [2.75, 3.05) is 23.8 Å². The molecule has 0 radical (unpaired) electrons. The lowest BCUT2D eigenvalue weighted by Crippen LogP contribution is -2.17. The summed E-state index contributed by atoms with van der Waals surface area (Å²) in [5, 5.41) is 12.1. The van der Waals surface area contributed by atoms with Crippen molar-refractivity contribution in [1.29, 1.82) is 5.26 Å². The first kappa shape index (κ1) is 17.8. The van der Waals surface area contributed by atoms with Gasteiger partial charge >= 0.3 is 0 Å². The molecule has 0 aliphatic carbocycles. The third-order valence-electron chi connectivity index (χ3n) is 3.72. The molecule has 2 rings (SSSR count). The Hall–Kier alpha value is -3.50. The van der Waals surface area contributed by atoms with Crippen molar-refractivity contribution in [2.45, 2.75) is 6.92 Å². The van der Waals surface area contributed by atoms with Gasteiger partial charge in [0.05, 0.1) is 5.57 Å². The first-order valence-corrected chi connectivity index (χ1v) is 7.92. The lowest BCUT2D eigenvalue weighted by Gasteiger charge is -2.20. The maximum Gasteiger partial charge on any atom is 0.211 e. The second-order valence-corrected chi connectivity index (χ2v) is 5.31. The minimum Gasteiger partial charge on any atom is -0.374 e. The van der Waals surface area contributed by atoms with E-state index in [-0.39, 0.29) is 0 Å². The summed E-state index contributed by atoms with van der Waals surface area (Å²) in [7, 11) is 1.99. The molecule has 0 saturated carbocycles. The molecule has 0 aliphatic heterocycles. The molecule has 4 heteroatoms. The van der Waals surface area contributed by atoms with Crippen LogP contribution in [-0.2, 0) is 4.79 Å². The second kappa shape index (κ2) is 8.96. The Bertz CT molecular complexity index is 882. The summed E-state index contributed by atoms with van der Waals surface area (Å²) in [6.45, 7) is 2.91. The molecule has 1 amide bonds. The van der Waals surface area contributed by atoms with Crippen LogP contribution in [0, 0.1) is 23.2 Å². The minimum absolute atomic E-state index is 0.519. The fourth-order valence-electron chi connectivity index (χ4n) is 2.32. The monoisotopic (exact) mass is 329 g/mol. The number of rotatable bonds is 5. The van der Waals surface area contributed by atoms with Crippen molar-refractivity contribution in [3.63, 3.8) is 0 Å². The quantitative estimate of drug-likeness (QED) is 0.517. The Kier molecular flexibility index (Phi) is 6.39. The Morgan fingerprint density at radius 3 is 2.76 bits per heavy atom. The van der Waals surface area contributed by atoms with Crippen LogP contribution in [0.2, 0.25) is 0 Å². The van der Waals surface area contributed by atoms with Crippen LogP contribution in [-0.4, -0.2) is 20.0 Å². The second-order valence-electron chi connectivity index (χ2n) is 5.31. The molecule has 25 heavy (non-hydrogen) atoms. The summed E-state index contributed by atoms with van der Waals surface area (Å²) in [6.07, 6.45) is 2.25. The van der Waals surface area contributed by atoms with Gasteiger partial charge in [-0.05, 0) is 31.2 Å². The van der Waals surface area contributed by atoms with Gasteiger partial charge in [0, 0.05) is 42.2 Å². The molecular weight excluding hydrogens is 310 g/mol. The largest absolute Gasteiger partial charge is 0.374 e. The van der Waals surface area contributed by atoms with Gasteiger partial charge in [0.1, 0.15) is 6.07 Å². The highest BCUT2D eigenvalue weighted by Crippen LogP contribution is 2.25. The number of carbonyl (C=O) groups excluding carboxylic acids is 1. The summed E-state index contributed by atoms with van der Waals surface area (Å²) >= 11 is 0. The number of para-hydroxylation sites is 1. The zero-order valence-corrected chi connectivity index (χ0v) is 14.3. The summed E-state index contributed by atoms with van der Waals surface area (Å²) in [6, 6.07) is 17.2. The first-order chi connectivity index (χ1) is 12.2. The number of nitrogens with zero attached hydrogens (tertiary/aromatic N) is 2. The van der Waals surface area contributed by atoms with E-state index in [0.29, 0.717) is 17.7 Å². The van der Waals surface area contributed by atoms with Gasteiger partial charge in [-0.25, -0.2) is 0 Å². The number of nitrogens with one attached hydrogen (secondary N) is 1. The fourth-order valence-corrected chi connectivity index (χ4v) is 2.32. The van der Waals surface area contributed by atoms with Gasteiger partial charge in [0.25, 0.3) is 0 Å². The summed E-state index contributed by atoms with van der Waals surface area (Å²) in [5.74, 6) is 5.93. The average Bonchev–Trinajstić information content (AvgIpc) is 2.65. The molecule has 0 unspecified atom stereocenters. The zero-order chi connectivity index (χ0) is 18.1. The number of benzene rings is 2. The Morgan fingerprint density at radius 2 is 2.04 bits per heavy atom. The topological polar surface area (TPSA) is 56.1 Å². The van der Waals surface area contributed by atoms with Crippen LogP contribution in [0.15, 0.2) is 54.6 Å². The minimum atomic E-state index is 0.519. The van der Waals surface area contributed by atoms with Crippen LogP contribution in [0.4, 0.5) is 11.4 Å². The maximum atomic E-state index is 10.5. The van der Waals surface area contributed by atoms with E-state index in [1.165, 1.54) is 0 Å². The van der Waals surface area contributed by atoms with Gasteiger partial charge in [-0.1, -0.05) is 36.1 Å². The number of amides is 1. The maximum absolute atomic E-state index is 10.5. The van der Waals surface area contributed by atoms with E-state index in [1.54, 1.807) is 18.2 Å². The number of hydrogen-bond acceptors (Lipinski definition) is 3. The summed E-state index contributed by atoms with van der Waals surface area (Å²) < 4.78 is 0. The van der Waals surface area contributed by atoms with Gasteiger partial charge in [-0.3, -0.25) is 4.79 Å². The molecule has 124 valence electrons. The molecule has 0 bridgehead atoms. The summed E-state index contributed by atoms with van der Waals surface area (Å²) in [5.41, 5.74) is 3.82. The van der Waals surface area contributed by atoms with Crippen LogP contribution in [0.3, 0.4) is 0 Å². The highest BCUT2D eigenvalue weighted by Gasteiger charge is 2.09. The van der Waals surface area contributed by atoms with Crippen molar-refractivity contribution in [3.8, 4) is 17.9 Å². The van der Waals surface area contributed by atoms with Crippen LogP contribution in [0.1, 0.15) is 18.1 Å². The number of hydrogen-bond donors (Lipinski definition) is 1. The average molecular weight is 329 g/mol. The van der Waals surface area contributed by atoms with E-state index < -0.39 is 0 Å². The molecule has 0 atom stereocenters. The summed E-state index contributed by atoms with van der Waals surface area (Å²) in [4.78, 5) is 12.6. The van der Waals surface area contributed by atoms with E-state index in [1.807, 2.05) is 43.4 Å². The van der Waals surface area contributed by atoms with E-state index in [9.17, 15) is 10.1 Å². The van der Waals surface area contributed by atoms with Crippen LogP contribution >= 0.6 is 0 Å². The standard InChI is InChI=1S/C21H19N3O/c1-3-24(2)21-13-5-4-12-20(21)18(15-22)10-6-8-17-9-7-11-19(14-17)23-16-25/h4-5,7,9-14,16H,3H2,1-2H3,(H,23,25)/b18-10+. The van der Waals surface area contributed by atoms with Crippen molar-refractivity contribution in [2.24, 2.45) is 0 Å². The van der Waals surface area contributed by atoms with E-state index in [0.717, 1.165) is 23.4 Å². The number of nitriles is 1. The number of carbonyl (C=O) groups is 1. The van der Waals surface area contributed by atoms with Crippen LogP contribution in [0.25, 0.3) is 5.57 Å². The van der Waals surface area contributed by atoms with Gasteiger partial charge in [0.2, 0.25) is 6.41 Å². The van der Waals surface area contributed by atoms with Gasteiger partial charge in [0.15, 0.2) is 0 Å². The number of anilines is 2. The highest BCUT2D eigenvalue weighted by molar-refractivity contribution is 5.85. The predicted molar refractivity (Wildman–Crippen MR) is 102 cm³/mol. The fraction of sp³-hybridized carbons (Fsp3) is 0.143. The molecule has 0 fully saturated rings. The van der Waals surface area contributed by atoms with E-state index in [4.69, 9.17) is 0 Å². The van der Waals surface area contributed by atoms with Crippen LogP contribution < -0.4 is 10.2 Å². The molecule has 2 aromatic rings. The highest BCUT2D eigenvalue weighted by atomic mass is 16.1. The molecule has 0 aromatic heterocycles. The van der Waals surface area contributed by atoms with Gasteiger partial charge in [-0.15, -0.1) is 0 Å². The van der Waals surface area contributed by atoms with Crippen molar-refractivity contribution in [1.82, 2.24) is 0 Å². The first-order valence-electron chi connectivity index (χ1n) is 7.92. The molecular formula is C21H19N3O. The van der Waals surface area contributed by atoms with E-state index >= 15 is 0 Å². The Balaban J connectivity index is 2.33. The predicted octanol–water partition coefficient (Wildman–Crippen LogP) is 3.67. The van der Waals surface area contributed by atoms with Crippen molar-refractivity contribution >= 4 is 23.4 Å². The zero-order valence-electron chi connectivity index (χ0n) is 14.3. The molecule has 0 heterocycles. The van der Waals surface area contributed by atoms with E-state index in [2.05, 4.69) is 35.1 Å². The van der Waals surface area contributed by atoms with Crippen molar-refractivity contribution < 1.29 is 4.79 Å². The third-order valence-corrected chi connectivity index (χ3v) is 3.72. The van der Waals surface area contributed by atoms with Crippen LogP contribution in [0.5, 0.6) is 0 Å². The third kappa shape index (κ3) is 4.73. The SMILES string of the molecule is CCN(C)c1ccccc1/C(C#N)=C/C#Cc1cccc(NC=O)c1. The Morgan fingerprint density at radius 1 is 1.24 bits per heavy atom. The molecule has 0 saturated heterocycles. The molecule has 4 nitrogen and oxygen atoms in total. The van der Waals surface area contributed by atoms with Gasteiger partial charge in [-0.2, -0.15) is 5.26 Å². The number of allylic oxidation sites excluding steroid dienone is 2. The molecule has 1 N–H and O–H groups in total. The van der Waals surface area contributed by atoms with Gasteiger partial charge < -0.3 is 10.2 Å². The molecule has 0 aliphatic rings. The van der Waals surface area contributed by atoms with Crippen molar-refractivity contribution in [3.05, 3.63) is 65.7 Å². The Labute approximate surface area is 148 Å². The molecule has 2 aromatic carbocycles.